The van der Waals surface area contributed by atoms with Crippen LogP contribution in [0.15, 0.2) is 60.9 Å². The molecule has 2 N–H and O–H groups in total. The van der Waals surface area contributed by atoms with Crippen molar-refractivity contribution in [2.45, 2.75) is 13.0 Å². The van der Waals surface area contributed by atoms with Crippen LogP contribution < -0.4 is 15.4 Å². The van der Waals surface area contributed by atoms with Crippen molar-refractivity contribution in [2.75, 3.05) is 19.0 Å². The molecular formula is C21H21FN4O2. The fourth-order valence-corrected chi connectivity index (χ4v) is 2.53. The van der Waals surface area contributed by atoms with Crippen LogP contribution in [-0.4, -0.2) is 29.5 Å². The highest BCUT2D eigenvalue weighted by Gasteiger charge is 2.07. The molecule has 3 aromatic rings. The number of ether oxygens (including phenoxy) is 1. The molecule has 7 heteroatoms. The molecule has 0 fully saturated rings. The summed E-state index contributed by atoms with van der Waals surface area (Å²) in [6.45, 7) is 1.02. The zero-order chi connectivity index (χ0) is 19.8. The Hall–Kier alpha value is -3.48. The first kappa shape index (κ1) is 19.3. The fourth-order valence-electron chi connectivity index (χ4n) is 2.53. The van der Waals surface area contributed by atoms with Crippen LogP contribution >= 0.6 is 0 Å². The first-order valence-corrected chi connectivity index (χ1v) is 8.85. The topological polar surface area (TPSA) is 76.1 Å². The number of benzene rings is 2. The van der Waals surface area contributed by atoms with Gasteiger partial charge in [0.2, 0.25) is 0 Å². The van der Waals surface area contributed by atoms with Gasteiger partial charge in [-0.2, -0.15) is 0 Å². The molecule has 0 spiro atoms. The lowest BCUT2D eigenvalue weighted by Gasteiger charge is -2.08. The summed E-state index contributed by atoms with van der Waals surface area (Å²) in [7, 11) is 1.63. The van der Waals surface area contributed by atoms with E-state index in [-0.39, 0.29) is 17.4 Å². The Morgan fingerprint density at radius 2 is 1.71 bits per heavy atom. The Morgan fingerprint density at radius 3 is 2.36 bits per heavy atom. The lowest BCUT2D eigenvalue weighted by molar-refractivity contribution is 0.0949. The minimum atomic E-state index is -0.295. The fraction of sp³-hybridized carbons (Fsp3) is 0.190. The van der Waals surface area contributed by atoms with Gasteiger partial charge in [0, 0.05) is 13.1 Å². The van der Waals surface area contributed by atoms with Crippen LogP contribution in [0.5, 0.6) is 5.75 Å². The summed E-state index contributed by atoms with van der Waals surface area (Å²) in [4.78, 5) is 20.5. The van der Waals surface area contributed by atoms with Crippen molar-refractivity contribution in [3.63, 3.8) is 0 Å². The number of nitrogens with one attached hydrogen (secondary N) is 2. The van der Waals surface area contributed by atoms with Crippen molar-refractivity contribution >= 4 is 11.7 Å². The van der Waals surface area contributed by atoms with Crippen LogP contribution in [0.25, 0.3) is 0 Å². The molecule has 28 heavy (non-hydrogen) atoms. The average molecular weight is 380 g/mol. The number of anilines is 1. The summed E-state index contributed by atoms with van der Waals surface area (Å²) in [6.07, 6.45) is 3.57. The number of amides is 1. The molecule has 6 nitrogen and oxygen atoms in total. The molecule has 0 aliphatic heterocycles. The Bertz CT molecular complexity index is 897. The number of methoxy groups -OCH3 is 1. The third-order valence-corrected chi connectivity index (χ3v) is 4.13. The molecule has 3 rings (SSSR count). The lowest BCUT2D eigenvalue weighted by atomic mass is 10.1. The Balaban J connectivity index is 1.46. The third kappa shape index (κ3) is 5.51. The van der Waals surface area contributed by atoms with Crippen LogP contribution in [-0.2, 0) is 13.0 Å². The molecule has 0 radical (unpaired) electrons. The molecule has 0 aliphatic rings. The van der Waals surface area contributed by atoms with E-state index in [9.17, 15) is 9.18 Å². The molecule has 0 saturated carbocycles. The summed E-state index contributed by atoms with van der Waals surface area (Å²) in [5.74, 6) is 0.817. The minimum absolute atomic E-state index is 0.245. The number of carbonyl (C=O) groups is 1. The molecule has 1 heterocycles. The number of hydrogen-bond acceptors (Lipinski definition) is 5. The third-order valence-electron chi connectivity index (χ3n) is 4.13. The SMILES string of the molecule is COc1ccc(CNc2cnc(C(=O)NCCc3ccc(F)cc3)cn2)cc1. The molecule has 0 unspecified atom stereocenters. The van der Waals surface area contributed by atoms with Crippen molar-refractivity contribution in [3.05, 3.63) is 83.6 Å². The zero-order valence-corrected chi connectivity index (χ0v) is 15.5. The number of hydrogen-bond donors (Lipinski definition) is 2. The van der Waals surface area contributed by atoms with Crippen LogP contribution in [0.4, 0.5) is 10.2 Å². The van der Waals surface area contributed by atoms with Gasteiger partial charge >= 0.3 is 0 Å². The van der Waals surface area contributed by atoms with E-state index in [1.54, 1.807) is 19.2 Å². The van der Waals surface area contributed by atoms with E-state index in [1.165, 1.54) is 24.5 Å². The zero-order valence-electron chi connectivity index (χ0n) is 15.5. The van der Waals surface area contributed by atoms with Gasteiger partial charge in [-0.25, -0.2) is 14.4 Å². The number of nitrogens with zero attached hydrogens (tertiary/aromatic N) is 2. The van der Waals surface area contributed by atoms with E-state index < -0.39 is 0 Å². The van der Waals surface area contributed by atoms with E-state index in [2.05, 4.69) is 20.6 Å². The van der Waals surface area contributed by atoms with E-state index in [0.717, 1.165) is 16.9 Å². The highest BCUT2D eigenvalue weighted by Crippen LogP contribution is 2.12. The van der Waals surface area contributed by atoms with E-state index in [1.807, 2.05) is 24.3 Å². The smallest absolute Gasteiger partial charge is 0.271 e. The van der Waals surface area contributed by atoms with Crippen molar-refractivity contribution in [1.29, 1.82) is 0 Å². The van der Waals surface area contributed by atoms with Gasteiger partial charge < -0.3 is 15.4 Å². The van der Waals surface area contributed by atoms with Gasteiger partial charge in [-0.05, 0) is 41.8 Å². The van der Waals surface area contributed by atoms with Crippen molar-refractivity contribution in [2.24, 2.45) is 0 Å². The monoisotopic (exact) mass is 380 g/mol. The first-order chi connectivity index (χ1) is 13.6. The molecule has 0 atom stereocenters. The molecule has 1 aromatic heterocycles. The molecule has 0 aliphatic carbocycles. The second-order valence-electron chi connectivity index (χ2n) is 6.12. The summed E-state index contributed by atoms with van der Waals surface area (Å²) in [6, 6.07) is 13.9. The number of rotatable bonds is 8. The Morgan fingerprint density at radius 1 is 1.00 bits per heavy atom. The highest BCUT2D eigenvalue weighted by atomic mass is 19.1. The number of halogens is 1. The highest BCUT2D eigenvalue weighted by molar-refractivity contribution is 5.91. The number of aromatic nitrogens is 2. The summed E-state index contributed by atoms with van der Waals surface area (Å²) >= 11 is 0. The van der Waals surface area contributed by atoms with E-state index >= 15 is 0 Å². The molecule has 0 bridgehead atoms. The van der Waals surface area contributed by atoms with Crippen LogP contribution in [0.3, 0.4) is 0 Å². The van der Waals surface area contributed by atoms with Gasteiger partial charge in [-0.3, -0.25) is 4.79 Å². The van der Waals surface area contributed by atoms with Crippen molar-refractivity contribution < 1.29 is 13.9 Å². The normalized spacial score (nSPS) is 10.4. The second-order valence-corrected chi connectivity index (χ2v) is 6.12. The Labute approximate surface area is 162 Å². The minimum Gasteiger partial charge on any atom is -0.497 e. The van der Waals surface area contributed by atoms with Gasteiger partial charge in [-0.15, -0.1) is 0 Å². The summed E-state index contributed by atoms with van der Waals surface area (Å²) < 4.78 is 18.0. The predicted octanol–water partition coefficient (Wildman–Crippen LogP) is 3.21. The maximum atomic E-state index is 12.9. The molecule has 2 aromatic carbocycles. The molecule has 0 saturated heterocycles. The van der Waals surface area contributed by atoms with Crippen LogP contribution in [0.2, 0.25) is 0 Å². The van der Waals surface area contributed by atoms with Gasteiger partial charge in [-0.1, -0.05) is 24.3 Å². The molecule has 144 valence electrons. The van der Waals surface area contributed by atoms with Gasteiger partial charge in [0.1, 0.15) is 23.1 Å². The Kier molecular flexibility index (Phi) is 6.51. The standard InChI is InChI=1S/C21H21FN4O2/c1-28-18-8-4-16(5-9-18)12-25-20-14-24-19(13-26-20)21(27)23-11-10-15-2-6-17(22)7-3-15/h2-9,13-14H,10-12H2,1H3,(H,23,27)(H,25,26). The van der Waals surface area contributed by atoms with Gasteiger partial charge in [0.05, 0.1) is 19.5 Å². The quantitative estimate of drug-likeness (QED) is 0.628. The van der Waals surface area contributed by atoms with Crippen LogP contribution in [0.1, 0.15) is 21.6 Å². The van der Waals surface area contributed by atoms with Crippen molar-refractivity contribution in [1.82, 2.24) is 15.3 Å². The van der Waals surface area contributed by atoms with Gasteiger partial charge in [0.25, 0.3) is 5.91 Å². The predicted molar refractivity (Wildman–Crippen MR) is 105 cm³/mol. The second kappa shape index (κ2) is 9.45. The maximum absolute atomic E-state index is 12.9. The number of carbonyl (C=O) groups excluding carboxylic acids is 1. The summed E-state index contributed by atoms with van der Waals surface area (Å²) in [5.41, 5.74) is 2.27. The summed E-state index contributed by atoms with van der Waals surface area (Å²) in [5, 5.41) is 5.94. The van der Waals surface area contributed by atoms with Crippen LogP contribution in [0, 0.1) is 5.82 Å². The maximum Gasteiger partial charge on any atom is 0.271 e. The van der Waals surface area contributed by atoms with E-state index in [0.29, 0.717) is 25.3 Å². The lowest BCUT2D eigenvalue weighted by Crippen LogP contribution is -2.26. The van der Waals surface area contributed by atoms with Gasteiger partial charge in [0.15, 0.2) is 0 Å². The average Bonchev–Trinajstić information content (AvgIpc) is 2.74. The molecule has 1 amide bonds. The van der Waals surface area contributed by atoms with E-state index in [4.69, 9.17) is 4.74 Å². The first-order valence-electron chi connectivity index (χ1n) is 8.85. The molecular weight excluding hydrogens is 359 g/mol. The largest absolute Gasteiger partial charge is 0.497 e. The van der Waals surface area contributed by atoms with Crippen molar-refractivity contribution in [3.8, 4) is 5.75 Å².